The van der Waals surface area contributed by atoms with Gasteiger partial charge in [-0.1, -0.05) is 23.7 Å². The Morgan fingerprint density at radius 2 is 1.87 bits per heavy atom. The Labute approximate surface area is 137 Å². The number of aliphatic hydroxyl groups is 1. The molecule has 0 fully saturated rings. The first-order chi connectivity index (χ1) is 11.0. The zero-order valence-corrected chi connectivity index (χ0v) is 12.8. The Hall–Kier alpha value is -2.18. The first-order valence-electron chi connectivity index (χ1n) is 6.84. The predicted octanol–water partition coefficient (Wildman–Crippen LogP) is 3.15. The summed E-state index contributed by atoms with van der Waals surface area (Å²) in [6.07, 6.45) is 0. The number of benzene rings is 2. The molecule has 0 aliphatic carbocycles. The summed E-state index contributed by atoms with van der Waals surface area (Å²) in [6.45, 7) is -0.489. The van der Waals surface area contributed by atoms with Crippen LogP contribution >= 0.6 is 11.6 Å². The largest absolute Gasteiger partial charge is 0.394 e. The van der Waals surface area contributed by atoms with E-state index in [4.69, 9.17) is 11.6 Å². The normalized spacial score (nSPS) is 11.8. The lowest BCUT2D eigenvalue weighted by Crippen LogP contribution is -2.39. The number of aliphatic hydroxyl groups excluding tert-OH is 1. The number of rotatable bonds is 5. The van der Waals surface area contributed by atoms with Crippen LogP contribution in [0.3, 0.4) is 0 Å². The van der Waals surface area contributed by atoms with Crippen molar-refractivity contribution in [3.8, 4) is 0 Å². The third-order valence-corrected chi connectivity index (χ3v) is 3.46. The number of hydrogen-bond donors (Lipinski definition) is 3. The SMILES string of the molecule is O=C(NCc1cc(F)ccc1F)NC(CO)c1ccc(Cl)cc1. The van der Waals surface area contributed by atoms with Crippen molar-refractivity contribution in [3.05, 3.63) is 70.2 Å². The summed E-state index contributed by atoms with van der Waals surface area (Å²) in [5, 5.41) is 14.9. The van der Waals surface area contributed by atoms with Gasteiger partial charge in [-0.05, 0) is 35.9 Å². The van der Waals surface area contributed by atoms with Crippen LogP contribution in [0, 0.1) is 11.6 Å². The molecule has 0 radical (unpaired) electrons. The van der Waals surface area contributed by atoms with Crippen LogP contribution in [0.5, 0.6) is 0 Å². The third kappa shape index (κ3) is 4.91. The fourth-order valence-corrected chi connectivity index (χ4v) is 2.12. The van der Waals surface area contributed by atoms with Crippen molar-refractivity contribution >= 4 is 17.6 Å². The topological polar surface area (TPSA) is 61.4 Å². The standard InChI is InChI=1S/C16H15ClF2N2O2/c17-12-3-1-10(2-4-12)15(9-22)21-16(23)20-8-11-7-13(18)5-6-14(11)19/h1-7,15,22H,8-9H2,(H2,20,21,23). The number of halogens is 3. The van der Waals surface area contributed by atoms with E-state index in [-0.39, 0.29) is 18.7 Å². The zero-order valence-electron chi connectivity index (χ0n) is 12.0. The molecule has 0 saturated carbocycles. The predicted molar refractivity (Wildman–Crippen MR) is 83.0 cm³/mol. The lowest BCUT2D eigenvalue weighted by atomic mass is 10.1. The van der Waals surface area contributed by atoms with E-state index in [1.165, 1.54) is 0 Å². The lowest BCUT2D eigenvalue weighted by molar-refractivity contribution is 0.216. The number of hydrogen-bond acceptors (Lipinski definition) is 2. The average molecular weight is 341 g/mol. The Balaban J connectivity index is 1.95. The monoisotopic (exact) mass is 340 g/mol. The highest BCUT2D eigenvalue weighted by Gasteiger charge is 2.14. The molecule has 2 aromatic carbocycles. The van der Waals surface area contributed by atoms with Crippen molar-refractivity contribution in [2.45, 2.75) is 12.6 Å². The second-order valence-electron chi connectivity index (χ2n) is 4.85. The maximum Gasteiger partial charge on any atom is 0.315 e. The number of amides is 2. The molecule has 23 heavy (non-hydrogen) atoms. The second-order valence-corrected chi connectivity index (χ2v) is 5.29. The minimum absolute atomic E-state index is 0.0344. The second kappa shape index (κ2) is 7.89. The first kappa shape index (κ1) is 17.2. The van der Waals surface area contributed by atoms with Crippen LogP contribution in [-0.2, 0) is 6.54 Å². The van der Waals surface area contributed by atoms with Gasteiger partial charge in [0.2, 0.25) is 0 Å². The number of carbonyl (C=O) groups excluding carboxylic acids is 1. The highest BCUT2D eigenvalue weighted by molar-refractivity contribution is 6.30. The van der Waals surface area contributed by atoms with Gasteiger partial charge in [-0.2, -0.15) is 0 Å². The molecule has 2 aromatic rings. The molecule has 0 saturated heterocycles. The Kier molecular flexibility index (Phi) is 5.90. The number of urea groups is 1. The van der Waals surface area contributed by atoms with Gasteiger partial charge in [0.15, 0.2) is 0 Å². The van der Waals surface area contributed by atoms with E-state index in [2.05, 4.69) is 10.6 Å². The molecule has 4 nitrogen and oxygen atoms in total. The summed E-state index contributed by atoms with van der Waals surface area (Å²) in [6, 6.07) is 8.40. The van der Waals surface area contributed by atoms with Crippen molar-refractivity contribution in [2.75, 3.05) is 6.61 Å². The van der Waals surface area contributed by atoms with Gasteiger partial charge in [-0.15, -0.1) is 0 Å². The summed E-state index contributed by atoms with van der Waals surface area (Å²) in [5.74, 6) is -1.19. The van der Waals surface area contributed by atoms with Crippen molar-refractivity contribution in [2.24, 2.45) is 0 Å². The molecular formula is C16H15ClF2N2O2. The van der Waals surface area contributed by atoms with Crippen LogP contribution in [0.15, 0.2) is 42.5 Å². The maximum absolute atomic E-state index is 13.5. The van der Waals surface area contributed by atoms with Gasteiger partial charge in [0.25, 0.3) is 0 Å². The van der Waals surface area contributed by atoms with E-state index in [0.29, 0.717) is 10.6 Å². The smallest absolute Gasteiger partial charge is 0.315 e. The van der Waals surface area contributed by atoms with Gasteiger partial charge in [-0.3, -0.25) is 0 Å². The lowest BCUT2D eigenvalue weighted by Gasteiger charge is -2.17. The molecule has 0 bridgehead atoms. The number of nitrogens with one attached hydrogen (secondary N) is 2. The van der Waals surface area contributed by atoms with Crippen molar-refractivity contribution in [3.63, 3.8) is 0 Å². The van der Waals surface area contributed by atoms with Crippen LogP contribution in [-0.4, -0.2) is 17.7 Å². The van der Waals surface area contributed by atoms with Crippen LogP contribution in [0.1, 0.15) is 17.2 Å². The summed E-state index contributed by atoms with van der Waals surface area (Å²) in [5.41, 5.74) is 0.705. The van der Waals surface area contributed by atoms with Gasteiger partial charge in [0, 0.05) is 17.1 Å². The zero-order chi connectivity index (χ0) is 16.8. The van der Waals surface area contributed by atoms with Gasteiger partial charge >= 0.3 is 6.03 Å². The summed E-state index contributed by atoms with van der Waals surface area (Å²) in [7, 11) is 0. The molecule has 7 heteroatoms. The maximum atomic E-state index is 13.5. The molecule has 3 N–H and O–H groups in total. The van der Waals surface area contributed by atoms with Gasteiger partial charge < -0.3 is 15.7 Å². The number of carbonyl (C=O) groups is 1. The van der Waals surface area contributed by atoms with E-state index in [1.807, 2.05) is 0 Å². The van der Waals surface area contributed by atoms with Crippen molar-refractivity contribution in [1.29, 1.82) is 0 Å². The molecule has 1 unspecified atom stereocenters. The summed E-state index contributed by atoms with van der Waals surface area (Å²) >= 11 is 5.78. The van der Waals surface area contributed by atoms with E-state index in [0.717, 1.165) is 18.2 Å². The van der Waals surface area contributed by atoms with Crippen LogP contribution in [0.2, 0.25) is 5.02 Å². The van der Waals surface area contributed by atoms with Crippen LogP contribution in [0.4, 0.5) is 13.6 Å². The Morgan fingerprint density at radius 1 is 1.17 bits per heavy atom. The molecule has 0 aromatic heterocycles. The van der Waals surface area contributed by atoms with E-state index < -0.39 is 23.7 Å². The molecule has 2 rings (SSSR count). The highest BCUT2D eigenvalue weighted by atomic mass is 35.5. The van der Waals surface area contributed by atoms with Gasteiger partial charge in [-0.25, -0.2) is 13.6 Å². The minimum atomic E-state index is -0.635. The highest BCUT2D eigenvalue weighted by Crippen LogP contribution is 2.16. The van der Waals surface area contributed by atoms with Crippen molar-refractivity contribution < 1.29 is 18.7 Å². The van der Waals surface area contributed by atoms with Crippen molar-refractivity contribution in [1.82, 2.24) is 10.6 Å². The fourth-order valence-electron chi connectivity index (χ4n) is 1.99. The molecule has 0 aliphatic rings. The van der Waals surface area contributed by atoms with E-state index in [1.54, 1.807) is 24.3 Å². The molecule has 0 spiro atoms. The molecule has 122 valence electrons. The van der Waals surface area contributed by atoms with Gasteiger partial charge in [0.05, 0.1) is 12.6 Å². The Bertz CT molecular complexity index is 680. The third-order valence-electron chi connectivity index (χ3n) is 3.21. The molecular weight excluding hydrogens is 326 g/mol. The first-order valence-corrected chi connectivity index (χ1v) is 7.22. The summed E-state index contributed by atoms with van der Waals surface area (Å²) < 4.78 is 26.5. The molecule has 0 heterocycles. The molecule has 1 atom stereocenters. The molecule has 0 aliphatic heterocycles. The average Bonchev–Trinajstić information content (AvgIpc) is 2.54. The fraction of sp³-hybridized carbons (Fsp3) is 0.188. The quantitative estimate of drug-likeness (QED) is 0.783. The van der Waals surface area contributed by atoms with E-state index >= 15 is 0 Å². The minimum Gasteiger partial charge on any atom is -0.394 e. The Morgan fingerprint density at radius 3 is 2.52 bits per heavy atom. The summed E-state index contributed by atoms with van der Waals surface area (Å²) in [4.78, 5) is 11.8. The van der Waals surface area contributed by atoms with E-state index in [9.17, 15) is 18.7 Å². The van der Waals surface area contributed by atoms with Crippen LogP contribution in [0.25, 0.3) is 0 Å². The van der Waals surface area contributed by atoms with Crippen LogP contribution < -0.4 is 10.6 Å². The molecule has 2 amide bonds. The van der Waals surface area contributed by atoms with Gasteiger partial charge in [0.1, 0.15) is 11.6 Å².